The van der Waals surface area contributed by atoms with Crippen LogP contribution in [0.2, 0.25) is 0 Å². The average molecular weight is 465 g/mol. The highest BCUT2D eigenvalue weighted by molar-refractivity contribution is 7.21. The summed E-state index contributed by atoms with van der Waals surface area (Å²) in [6.45, 7) is 1.82. The van der Waals surface area contributed by atoms with E-state index in [0.717, 1.165) is 10.4 Å². The number of hydrogen-bond donors (Lipinski definition) is 0. The largest absolute Gasteiger partial charge is 0.338 e. The van der Waals surface area contributed by atoms with E-state index in [1.165, 1.54) is 33.6 Å². The quantitative estimate of drug-likeness (QED) is 0.465. The van der Waals surface area contributed by atoms with Gasteiger partial charge in [0.15, 0.2) is 0 Å². The number of aromatic nitrogens is 2. The minimum Gasteiger partial charge on any atom is -0.338 e. The third-order valence-corrected chi connectivity index (χ3v) is 7.48. The fourth-order valence-corrected chi connectivity index (χ4v) is 5.46. The number of hydrogen-bond acceptors (Lipinski definition) is 6. The van der Waals surface area contributed by atoms with E-state index < -0.39 is 0 Å². The van der Waals surface area contributed by atoms with Crippen LogP contribution in [0.5, 0.6) is 0 Å². The molecule has 0 bridgehead atoms. The summed E-state index contributed by atoms with van der Waals surface area (Å²) in [6, 6.07) is 15.4. The number of benzene rings is 1. The number of rotatable bonds is 4. The highest BCUT2D eigenvalue weighted by Crippen LogP contribution is 2.30. The molecule has 162 valence electrons. The standard InChI is InChI=1S/C23H20N4O3S2/c28-20(25-8-10-26(11-9-25)23(30)18-7-4-12-31-18)14-27-15-24-21-17(22(27)29)13-19(32-21)16-5-2-1-3-6-16/h1-7,12-13,15H,8-11,14H2. The number of thiophene rings is 2. The Kier molecular flexibility index (Phi) is 5.59. The van der Waals surface area contributed by atoms with Gasteiger partial charge < -0.3 is 9.80 Å². The lowest BCUT2D eigenvalue weighted by Gasteiger charge is -2.34. The molecule has 1 fully saturated rings. The van der Waals surface area contributed by atoms with Gasteiger partial charge in [-0.15, -0.1) is 22.7 Å². The lowest BCUT2D eigenvalue weighted by atomic mass is 10.2. The van der Waals surface area contributed by atoms with Gasteiger partial charge in [0.25, 0.3) is 11.5 Å². The predicted octanol–water partition coefficient (Wildman–Crippen LogP) is 3.17. The van der Waals surface area contributed by atoms with Gasteiger partial charge in [0, 0.05) is 31.1 Å². The van der Waals surface area contributed by atoms with Crippen molar-refractivity contribution in [3.05, 3.63) is 75.5 Å². The first-order valence-corrected chi connectivity index (χ1v) is 11.9. The second-order valence-electron chi connectivity index (χ2n) is 7.52. The molecule has 0 N–H and O–H groups in total. The number of piperazine rings is 1. The molecule has 0 aliphatic carbocycles. The summed E-state index contributed by atoms with van der Waals surface area (Å²) in [7, 11) is 0. The maximum Gasteiger partial charge on any atom is 0.264 e. The Morgan fingerprint density at radius 1 is 0.969 bits per heavy atom. The molecule has 0 radical (unpaired) electrons. The third-order valence-electron chi connectivity index (χ3n) is 5.53. The van der Waals surface area contributed by atoms with Crippen LogP contribution < -0.4 is 5.56 Å². The summed E-state index contributed by atoms with van der Waals surface area (Å²) in [6.07, 6.45) is 1.45. The summed E-state index contributed by atoms with van der Waals surface area (Å²) in [5, 5.41) is 2.40. The molecule has 9 heteroatoms. The molecule has 4 heterocycles. The molecule has 0 atom stereocenters. The first-order chi connectivity index (χ1) is 15.6. The van der Waals surface area contributed by atoms with E-state index in [2.05, 4.69) is 4.98 Å². The van der Waals surface area contributed by atoms with Crippen LogP contribution >= 0.6 is 22.7 Å². The first-order valence-electron chi connectivity index (χ1n) is 10.2. The number of fused-ring (bicyclic) bond motifs is 1. The van der Waals surface area contributed by atoms with Crippen molar-refractivity contribution in [1.82, 2.24) is 19.4 Å². The fourth-order valence-electron chi connectivity index (χ4n) is 3.78. The van der Waals surface area contributed by atoms with Gasteiger partial charge in [-0.05, 0) is 23.1 Å². The summed E-state index contributed by atoms with van der Waals surface area (Å²) in [4.78, 5) is 48.5. The predicted molar refractivity (Wildman–Crippen MR) is 126 cm³/mol. The zero-order chi connectivity index (χ0) is 22.1. The van der Waals surface area contributed by atoms with E-state index in [0.29, 0.717) is 41.3 Å². The number of amides is 2. The Bertz CT molecular complexity index is 1320. The lowest BCUT2D eigenvalue weighted by molar-refractivity contribution is -0.133. The molecule has 3 aromatic heterocycles. The Morgan fingerprint density at radius 3 is 2.44 bits per heavy atom. The lowest BCUT2D eigenvalue weighted by Crippen LogP contribution is -2.51. The molecule has 0 spiro atoms. The zero-order valence-electron chi connectivity index (χ0n) is 17.1. The van der Waals surface area contributed by atoms with Crippen molar-refractivity contribution < 1.29 is 9.59 Å². The highest BCUT2D eigenvalue weighted by atomic mass is 32.1. The molecule has 1 aliphatic rings. The minimum absolute atomic E-state index is 0.00430. The van der Waals surface area contributed by atoms with Crippen molar-refractivity contribution in [2.75, 3.05) is 26.2 Å². The van der Waals surface area contributed by atoms with Crippen LogP contribution in [0.3, 0.4) is 0 Å². The van der Waals surface area contributed by atoms with Crippen LogP contribution in [0, 0.1) is 0 Å². The highest BCUT2D eigenvalue weighted by Gasteiger charge is 2.25. The summed E-state index contributed by atoms with van der Waals surface area (Å²) in [5.41, 5.74) is 0.820. The van der Waals surface area contributed by atoms with Crippen molar-refractivity contribution in [3.8, 4) is 10.4 Å². The summed E-state index contributed by atoms with van der Waals surface area (Å²) < 4.78 is 1.37. The number of nitrogens with zero attached hydrogens (tertiary/aromatic N) is 4. The van der Waals surface area contributed by atoms with Crippen LogP contribution in [0.1, 0.15) is 9.67 Å². The van der Waals surface area contributed by atoms with Gasteiger partial charge in [-0.1, -0.05) is 36.4 Å². The average Bonchev–Trinajstić information content (AvgIpc) is 3.52. The van der Waals surface area contributed by atoms with E-state index in [4.69, 9.17) is 0 Å². The van der Waals surface area contributed by atoms with Gasteiger partial charge in [0.1, 0.15) is 11.4 Å². The topological polar surface area (TPSA) is 75.5 Å². The van der Waals surface area contributed by atoms with Crippen molar-refractivity contribution in [2.45, 2.75) is 6.54 Å². The molecular weight excluding hydrogens is 444 g/mol. The number of carbonyl (C=O) groups is 2. The Hall–Kier alpha value is -3.30. The van der Waals surface area contributed by atoms with Crippen LogP contribution in [-0.4, -0.2) is 57.3 Å². The smallest absolute Gasteiger partial charge is 0.264 e. The van der Waals surface area contributed by atoms with Crippen LogP contribution in [0.15, 0.2) is 65.0 Å². The SMILES string of the molecule is O=C(Cn1cnc2sc(-c3ccccc3)cc2c1=O)N1CCN(C(=O)c2cccs2)CC1. The van der Waals surface area contributed by atoms with Gasteiger partial charge in [0.05, 0.1) is 16.6 Å². The summed E-state index contributed by atoms with van der Waals surface area (Å²) in [5.74, 6) is -0.139. The van der Waals surface area contributed by atoms with E-state index in [-0.39, 0.29) is 23.9 Å². The fraction of sp³-hybridized carbons (Fsp3) is 0.217. The Balaban J connectivity index is 1.27. The molecule has 32 heavy (non-hydrogen) atoms. The van der Waals surface area contributed by atoms with Crippen molar-refractivity contribution in [2.24, 2.45) is 0 Å². The first kappa shape index (κ1) is 20.6. The zero-order valence-corrected chi connectivity index (χ0v) is 18.8. The van der Waals surface area contributed by atoms with Gasteiger partial charge in [-0.3, -0.25) is 19.0 Å². The van der Waals surface area contributed by atoms with E-state index in [9.17, 15) is 14.4 Å². The second kappa shape index (κ2) is 8.68. The van der Waals surface area contributed by atoms with Crippen LogP contribution in [0.4, 0.5) is 0 Å². The van der Waals surface area contributed by atoms with Crippen molar-refractivity contribution in [3.63, 3.8) is 0 Å². The van der Waals surface area contributed by atoms with Crippen molar-refractivity contribution >= 4 is 44.7 Å². The summed E-state index contributed by atoms with van der Waals surface area (Å²) >= 11 is 2.89. The Morgan fingerprint density at radius 2 is 1.72 bits per heavy atom. The molecular formula is C23H20N4O3S2. The normalized spacial score (nSPS) is 14.1. The van der Waals surface area contributed by atoms with Crippen LogP contribution in [0.25, 0.3) is 20.7 Å². The van der Waals surface area contributed by atoms with Crippen molar-refractivity contribution in [1.29, 1.82) is 0 Å². The molecule has 0 unspecified atom stereocenters. The van der Waals surface area contributed by atoms with E-state index in [1.54, 1.807) is 9.80 Å². The molecule has 5 rings (SSSR count). The second-order valence-corrected chi connectivity index (χ2v) is 9.50. The van der Waals surface area contributed by atoms with Crippen LogP contribution in [-0.2, 0) is 11.3 Å². The maximum atomic E-state index is 13.0. The number of carbonyl (C=O) groups excluding carboxylic acids is 2. The molecule has 1 saturated heterocycles. The van der Waals surface area contributed by atoms with Gasteiger partial charge in [-0.2, -0.15) is 0 Å². The third kappa shape index (κ3) is 3.96. The van der Waals surface area contributed by atoms with E-state index >= 15 is 0 Å². The van der Waals surface area contributed by atoms with Gasteiger partial charge in [0.2, 0.25) is 5.91 Å². The maximum absolute atomic E-state index is 13.0. The molecule has 0 saturated carbocycles. The molecule has 2 amide bonds. The Labute approximate surface area is 192 Å². The molecule has 7 nitrogen and oxygen atoms in total. The van der Waals surface area contributed by atoms with E-state index in [1.807, 2.05) is 53.9 Å². The molecule has 4 aromatic rings. The molecule has 1 aromatic carbocycles. The molecule has 1 aliphatic heterocycles. The monoisotopic (exact) mass is 464 g/mol. The van der Waals surface area contributed by atoms with Gasteiger partial charge in [-0.25, -0.2) is 4.98 Å². The van der Waals surface area contributed by atoms with Gasteiger partial charge >= 0.3 is 0 Å². The minimum atomic E-state index is -0.215.